The van der Waals surface area contributed by atoms with Crippen molar-refractivity contribution in [2.45, 2.75) is 42.6 Å². The summed E-state index contributed by atoms with van der Waals surface area (Å²) in [5.41, 5.74) is 1.49. The van der Waals surface area contributed by atoms with Crippen molar-refractivity contribution in [1.29, 1.82) is 0 Å². The Kier molecular flexibility index (Phi) is 5.23. The predicted octanol–water partition coefficient (Wildman–Crippen LogP) is 3.70. The summed E-state index contributed by atoms with van der Waals surface area (Å²) < 4.78 is 9.00. The fraction of sp³-hybridized carbons (Fsp3) is 0.304. The second-order valence-electron chi connectivity index (χ2n) is 7.66. The van der Waals surface area contributed by atoms with Crippen molar-refractivity contribution in [3.8, 4) is 5.75 Å². The quantitative estimate of drug-likeness (QED) is 0.477. The van der Waals surface area contributed by atoms with Gasteiger partial charge in [0.25, 0.3) is 5.56 Å². The van der Waals surface area contributed by atoms with Crippen LogP contribution in [-0.2, 0) is 11.3 Å². The van der Waals surface area contributed by atoms with Gasteiger partial charge in [-0.1, -0.05) is 48.5 Å². The van der Waals surface area contributed by atoms with E-state index in [1.807, 2.05) is 52.9 Å². The monoisotopic (exact) mass is 434 g/mol. The third-order valence-electron chi connectivity index (χ3n) is 5.75. The number of carbonyl (C=O) groups excluding carboxylic acids is 1. The van der Waals surface area contributed by atoms with Gasteiger partial charge in [0.15, 0.2) is 5.16 Å². The maximum absolute atomic E-state index is 13.4. The third kappa shape index (κ3) is 3.50. The average molecular weight is 435 g/mol. The molecule has 0 aliphatic heterocycles. The van der Waals surface area contributed by atoms with Gasteiger partial charge < -0.3 is 4.74 Å². The third-order valence-corrected chi connectivity index (χ3v) is 7.00. The molecule has 0 radical (unpaired) electrons. The minimum absolute atomic E-state index is 0.116. The lowest BCUT2D eigenvalue weighted by Gasteiger charge is -2.19. The average Bonchev–Trinajstić information content (AvgIpc) is 3.22. The van der Waals surface area contributed by atoms with Crippen molar-refractivity contribution in [3.63, 3.8) is 0 Å². The number of ketones is 1. The van der Waals surface area contributed by atoms with Gasteiger partial charge in [-0.15, -0.1) is 10.2 Å². The Labute approximate surface area is 183 Å². The zero-order valence-corrected chi connectivity index (χ0v) is 18.0. The molecule has 7 nitrogen and oxygen atoms in total. The summed E-state index contributed by atoms with van der Waals surface area (Å²) in [7, 11) is 1.62. The minimum Gasteiger partial charge on any atom is -0.496 e. The van der Waals surface area contributed by atoms with Gasteiger partial charge >= 0.3 is 0 Å². The van der Waals surface area contributed by atoms with Crippen LogP contribution in [0.15, 0.2) is 58.5 Å². The molecule has 4 aromatic rings. The first-order valence-corrected chi connectivity index (χ1v) is 11.2. The van der Waals surface area contributed by atoms with Crippen LogP contribution in [0.1, 0.15) is 31.2 Å². The lowest BCUT2D eigenvalue weighted by molar-refractivity contribution is -0.119. The fourth-order valence-corrected chi connectivity index (χ4v) is 5.32. The van der Waals surface area contributed by atoms with Crippen LogP contribution < -0.4 is 10.3 Å². The van der Waals surface area contributed by atoms with Crippen LogP contribution >= 0.6 is 11.8 Å². The molecule has 1 saturated carbocycles. The van der Waals surface area contributed by atoms with Crippen LogP contribution in [-0.4, -0.2) is 37.3 Å². The lowest BCUT2D eigenvalue weighted by atomic mass is 9.99. The Morgan fingerprint density at radius 2 is 1.87 bits per heavy atom. The van der Waals surface area contributed by atoms with Gasteiger partial charge in [-0.25, -0.2) is 0 Å². The summed E-state index contributed by atoms with van der Waals surface area (Å²) in [4.78, 5) is 25.8. The SMILES string of the molecule is COc1ccccc1Cn1c(=O)c2ccccc2n2c(SC3CCCCC3=O)nnc12. The molecule has 1 aliphatic carbocycles. The molecule has 2 aromatic carbocycles. The van der Waals surface area contributed by atoms with E-state index in [0.717, 1.165) is 30.3 Å². The highest BCUT2D eigenvalue weighted by Gasteiger charge is 2.26. The van der Waals surface area contributed by atoms with Crippen molar-refractivity contribution >= 4 is 34.2 Å². The molecule has 1 atom stereocenters. The molecule has 0 amide bonds. The van der Waals surface area contributed by atoms with E-state index in [-0.39, 0.29) is 16.6 Å². The number of rotatable bonds is 5. The van der Waals surface area contributed by atoms with Gasteiger partial charge in [0.1, 0.15) is 11.5 Å². The maximum atomic E-state index is 13.4. The largest absolute Gasteiger partial charge is 0.496 e. The topological polar surface area (TPSA) is 78.5 Å². The standard InChI is InChI=1S/C23H22N4O3S/c1-30-19-12-6-2-8-15(19)14-26-21(29)16-9-3-4-10-17(16)27-22(26)24-25-23(27)31-20-13-7-5-11-18(20)28/h2-4,6,8-10,12,20H,5,7,11,13-14H2,1H3. The zero-order chi connectivity index (χ0) is 21.4. The van der Waals surface area contributed by atoms with Crippen molar-refractivity contribution in [1.82, 2.24) is 19.2 Å². The Bertz CT molecular complexity index is 1340. The Morgan fingerprint density at radius 3 is 2.71 bits per heavy atom. The number of thioether (sulfide) groups is 1. The normalized spacial score (nSPS) is 16.8. The van der Waals surface area contributed by atoms with Gasteiger partial charge in [0, 0.05) is 12.0 Å². The van der Waals surface area contributed by atoms with Crippen LogP contribution in [0, 0.1) is 0 Å². The molecule has 2 heterocycles. The molecule has 5 rings (SSSR count). The summed E-state index contributed by atoms with van der Waals surface area (Å²) in [6, 6.07) is 15.1. The first-order valence-electron chi connectivity index (χ1n) is 10.4. The number of nitrogens with zero attached hydrogens (tertiary/aromatic N) is 4. The van der Waals surface area contributed by atoms with Crippen molar-refractivity contribution < 1.29 is 9.53 Å². The molecule has 2 aromatic heterocycles. The van der Waals surface area contributed by atoms with Gasteiger partial charge in [-0.05, 0) is 31.0 Å². The zero-order valence-electron chi connectivity index (χ0n) is 17.2. The summed E-state index contributed by atoms with van der Waals surface area (Å²) in [5.74, 6) is 1.43. The Morgan fingerprint density at radius 1 is 1.06 bits per heavy atom. The van der Waals surface area contributed by atoms with Gasteiger partial charge in [-0.3, -0.25) is 18.6 Å². The number of carbonyl (C=O) groups is 1. The molecule has 158 valence electrons. The van der Waals surface area contributed by atoms with Crippen LogP contribution in [0.5, 0.6) is 5.75 Å². The second kappa shape index (κ2) is 8.19. The number of ether oxygens (including phenoxy) is 1. The summed E-state index contributed by atoms with van der Waals surface area (Å²) >= 11 is 1.45. The number of methoxy groups -OCH3 is 1. The smallest absolute Gasteiger partial charge is 0.263 e. The molecule has 0 spiro atoms. The number of hydrogen-bond donors (Lipinski definition) is 0. The van der Waals surface area contributed by atoms with Crippen LogP contribution in [0.4, 0.5) is 0 Å². The molecule has 1 fully saturated rings. The Hall–Kier alpha value is -3.13. The fourth-order valence-electron chi connectivity index (χ4n) is 4.16. The molecule has 0 saturated heterocycles. The van der Waals surface area contributed by atoms with Crippen molar-refractivity contribution in [3.05, 3.63) is 64.4 Å². The van der Waals surface area contributed by atoms with Crippen molar-refractivity contribution in [2.24, 2.45) is 0 Å². The second-order valence-corrected chi connectivity index (χ2v) is 8.83. The Balaban J connectivity index is 1.69. The van der Waals surface area contributed by atoms with Gasteiger partial charge in [0.2, 0.25) is 5.78 Å². The summed E-state index contributed by atoms with van der Waals surface area (Å²) in [6.07, 6.45) is 3.46. The number of para-hydroxylation sites is 2. The van der Waals surface area contributed by atoms with E-state index in [9.17, 15) is 9.59 Å². The van der Waals surface area contributed by atoms with E-state index in [2.05, 4.69) is 10.2 Å². The van der Waals surface area contributed by atoms with Gasteiger partial charge in [0.05, 0.1) is 29.8 Å². The van der Waals surface area contributed by atoms with Crippen LogP contribution in [0.25, 0.3) is 16.7 Å². The first-order chi connectivity index (χ1) is 15.2. The van der Waals surface area contributed by atoms with E-state index in [4.69, 9.17) is 4.74 Å². The lowest BCUT2D eigenvalue weighted by Crippen LogP contribution is -2.24. The molecule has 0 N–H and O–H groups in total. The number of benzene rings is 2. The maximum Gasteiger partial charge on any atom is 0.263 e. The number of fused-ring (bicyclic) bond motifs is 3. The highest BCUT2D eigenvalue weighted by molar-refractivity contribution is 8.00. The minimum atomic E-state index is -0.133. The van der Waals surface area contributed by atoms with E-state index >= 15 is 0 Å². The van der Waals surface area contributed by atoms with E-state index in [1.165, 1.54) is 11.8 Å². The van der Waals surface area contributed by atoms with Crippen LogP contribution in [0.2, 0.25) is 0 Å². The molecule has 1 aliphatic rings. The van der Waals surface area contributed by atoms with Gasteiger partial charge in [-0.2, -0.15) is 0 Å². The molecule has 1 unspecified atom stereocenters. The first kappa shape index (κ1) is 19.8. The highest BCUT2D eigenvalue weighted by Crippen LogP contribution is 2.32. The van der Waals surface area contributed by atoms with Crippen LogP contribution in [0.3, 0.4) is 0 Å². The number of aromatic nitrogens is 4. The highest BCUT2D eigenvalue weighted by atomic mass is 32.2. The number of Topliss-reactive ketones (excluding diaryl/α,β-unsaturated/α-hetero) is 1. The summed E-state index contributed by atoms with van der Waals surface area (Å²) in [5, 5.41) is 9.88. The number of hydrogen-bond acceptors (Lipinski definition) is 6. The summed E-state index contributed by atoms with van der Waals surface area (Å²) in [6.45, 7) is 0.308. The predicted molar refractivity (Wildman–Crippen MR) is 120 cm³/mol. The molecular formula is C23H22N4O3S. The molecule has 0 bridgehead atoms. The van der Waals surface area contributed by atoms with Crippen molar-refractivity contribution in [2.75, 3.05) is 7.11 Å². The molecular weight excluding hydrogens is 412 g/mol. The molecule has 8 heteroatoms. The van der Waals surface area contributed by atoms with E-state index in [1.54, 1.807) is 11.7 Å². The van der Waals surface area contributed by atoms with E-state index < -0.39 is 0 Å². The molecule has 31 heavy (non-hydrogen) atoms. The van der Waals surface area contributed by atoms with E-state index in [0.29, 0.717) is 35.0 Å².